The summed E-state index contributed by atoms with van der Waals surface area (Å²) in [7, 11) is 0. The molecule has 2 aromatic carbocycles. The fourth-order valence-corrected chi connectivity index (χ4v) is 3.74. The molecule has 0 unspecified atom stereocenters. The molecule has 0 spiro atoms. The zero-order valence-corrected chi connectivity index (χ0v) is 15.4. The first-order valence-electron chi connectivity index (χ1n) is 9.05. The molecule has 1 aliphatic rings. The minimum Gasteiger partial charge on any atom is -0.351 e. The van der Waals surface area contributed by atoms with Crippen LogP contribution < -0.4 is 5.32 Å². The normalized spacial score (nSPS) is 14.8. The van der Waals surface area contributed by atoms with Crippen molar-refractivity contribution in [2.75, 3.05) is 13.1 Å². The number of rotatable bonds is 5. The molecular formula is C21H22ClN3O. The van der Waals surface area contributed by atoms with E-state index >= 15 is 0 Å². The SMILES string of the molecule is O=C(NCc1ccccc1CN1CCCC1)c1cc2cc(Cl)ccc2[nH]1. The maximum absolute atomic E-state index is 12.5. The summed E-state index contributed by atoms with van der Waals surface area (Å²) >= 11 is 6.02. The lowest BCUT2D eigenvalue weighted by Gasteiger charge is -2.17. The summed E-state index contributed by atoms with van der Waals surface area (Å²) in [5, 5.41) is 4.64. The van der Waals surface area contributed by atoms with E-state index in [1.54, 1.807) is 0 Å². The van der Waals surface area contributed by atoms with Crippen molar-refractivity contribution in [2.45, 2.75) is 25.9 Å². The molecule has 4 rings (SSSR count). The predicted octanol–water partition coefficient (Wildman–Crippen LogP) is 4.35. The topological polar surface area (TPSA) is 48.1 Å². The Morgan fingerprint density at radius 3 is 2.65 bits per heavy atom. The number of benzene rings is 2. The van der Waals surface area contributed by atoms with Crippen LogP contribution in [0.2, 0.25) is 5.02 Å². The van der Waals surface area contributed by atoms with Gasteiger partial charge in [0.25, 0.3) is 5.91 Å². The minimum absolute atomic E-state index is 0.103. The van der Waals surface area contributed by atoms with Crippen molar-refractivity contribution >= 4 is 28.4 Å². The summed E-state index contributed by atoms with van der Waals surface area (Å²) in [5.74, 6) is -0.103. The third-order valence-electron chi connectivity index (χ3n) is 4.98. The highest BCUT2D eigenvalue weighted by atomic mass is 35.5. The third kappa shape index (κ3) is 3.76. The van der Waals surface area contributed by atoms with Crippen molar-refractivity contribution in [1.82, 2.24) is 15.2 Å². The third-order valence-corrected chi connectivity index (χ3v) is 5.21. The molecule has 1 aliphatic heterocycles. The zero-order chi connectivity index (χ0) is 17.9. The van der Waals surface area contributed by atoms with Gasteiger partial charge >= 0.3 is 0 Å². The van der Waals surface area contributed by atoms with Gasteiger partial charge < -0.3 is 10.3 Å². The van der Waals surface area contributed by atoms with E-state index in [0.29, 0.717) is 17.3 Å². The Hall–Kier alpha value is -2.30. The summed E-state index contributed by atoms with van der Waals surface area (Å²) < 4.78 is 0. The molecule has 0 aliphatic carbocycles. The Labute approximate surface area is 158 Å². The Morgan fingerprint density at radius 1 is 1.08 bits per heavy atom. The molecule has 1 amide bonds. The predicted molar refractivity (Wildman–Crippen MR) is 105 cm³/mol. The number of hydrogen-bond donors (Lipinski definition) is 2. The van der Waals surface area contributed by atoms with Crippen LogP contribution in [0.15, 0.2) is 48.5 Å². The highest BCUT2D eigenvalue weighted by molar-refractivity contribution is 6.31. The molecule has 1 aromatic heterocycles. The molecule has 2 N–H and O–H groups in total. The number of amides is 1. The lowest BCUT2D eigenvalue weighted by Crippen LogP contribution is -2.25. The van der Waals surface area contributed by atoms with Crippen LogP contribution in [0, 0.1) is 0 Å². The fraction of sp³-hybridized carbons (Fsp3) is 0.286. The molecule has 4 nitrogen and oxygen atoms in total. The van der Waals surface area contributed by atoms with Crippen LogP contribution in [0.4, 0.5) is 0 Å². The standard InChI is InChI=1S/C21H22ClN3O/c22-18-7-8-19-17(11-18)12-20(24-19)21(26)23-13-15-5-1-2-6-16(15)14-25-9-3-4-10-25/h1-2,5-8,11-12,24H,3-4,9-10,13-14H2,(H,23,26). The Balaban J connectivity index is 1.45. The van der Waals surface area contributed by atoms with Gasteiger partial charge in [0.15, 0.2) is 0 Å². The van der Waals surface area contributed by atoms with E-state index in [0.717, 1.165) is 30.5 Å². The summed E-state index contributed by atoms with van der Waals surface area (Å²) in [6.07, 6.45) is 2.56. The summed E-state index contributed by atoms with van der Waals surface area (Å²) in [6, 6.07) is 15.7. The first-order valence-corrected chi connectivity index (χ1v) is 9.42. The molecule has 1 saturated heterocycles. The van der Waals surface area contributed by atoms with E-state index in [1.807, 2.05) is 30.3 Å². The number of fused-ring (bicyclic) bond motifs is 1. The van der Waals surface area contributed by atoms with E-state index in [-0.39, 0.29) is 5.91 Å². The molecule has 0 radical (unpaired) electrons. The molecule has 0 bridgehead atoms. The van der Waals surface area contributed by atoms with E-state index in [9.17, 15) is 4.79 Å². The summed E-state index contributed by atoms with van der Waals surface area (Å²) in [5.41, 5.74) is 3.93. The van der Waals surface area contributed by atoms with Crippen LogP contribution in [-0.4, -0.2) is 28.9 Å². The van der Waals surface area contributed by atoms with Crippen LogP contribution in [0.5, 0.6) is 0 Å². The number of nitrogens with one attached hydrogen (secondary N) is 2. The van der Waals surface area contributed by atoms with Crippen LogP contribution in [0.1, 0.15) is 34.5 Å². The van der Waals surface area contributed by atoms with Gasteiger partial charge in [0.2, 0.25) is 0 Å². The first-order chi connectivity index (χ1) is 12.7. The average molecular weight is 368 g/mol. The smallest absolute Gasteiger partial charge is 0.267 e. The number of likely N-dealkylation sites (tertiary alicyclic amines) is 1. The highest BCUT2D eigenvalue weighted by Crippen LogP contribution is 2.20. The number of halogens is 1. The zero-order valence-electron chi connectivity index (χ0n) is 14.6. The molecule has 1 fully saturated rings. The molecule has 5 heteroatoms. The Bertz CT molecular complexity index is 928. The maximum atomic E-state index is 12.5. The van der Waals surface area contributed by atoms with Gasteiger partial charge in [-0.1, -0.05) is 35.9 Å². The van der Waals surface area contributed by atoms with Crippen molar-refractivity contribution in [3.63, 3.8) is 0 Å². The molecular weight excluding hydrogens is 346 g/mol. The highest BCUT2D eigenvalue weighted by Gasteiger charge is 2.14. The number of H-pyrrole nitrogens is 1. The Morgan fingerprint density at radius 2 is 1.85 bits per heavy atom. The van der Waals surface area contributed by atoms with Crippen LogP contribution in [0.25, 0.3) is 10.9 Å². The van der Waals surface area contributed by atoms with Crippen molar-refractivity contribution in [2.24, 2.45) is 0 Å². The monoisotopic (exact) mass is 367 g/mol. The van der Waals surface area contributed by atoms with Gasteiger partial charge in [-0.3, -0.25) is 9.69 Å². The fourth-order valence-electron chi connectivity index (χ4n) is 3.56. The number of aromatic amines is 1. The number of nitrogens with zero attached hydrogens (tertiary/aromatic N) is 1. The molecule has 0 saturated carbocycles. The maximum Gasteiger partial charge on any atom is 0.267 e. The van der Waals surface area contributed by atoms with Crippen molar-refractivity contribution < 1.29 is 4.79 Å². The van der Waals surface area contributed by atoms with Crippen molar-refractivity contribution in [1.29, 1.82) is 0 Å². The largest absolute Gasteiger partial charge is 0.351 e. The van der Waals surface area contributed by atoms with Gasteiger partial charge in [-0.05, 0) is 61.3 Å². The number of hydrogen-bond acceptors (Lipinski definition) is 2. The van der Waals surface area contributed by atoms with Crippen molar-refractivity contribution in [3.8, 4) is 0 Å². The number of aromatic nitrogens is 1. The van der Waals surface area contributed by atoms with Gasteiger partial charge in [0.1, 0.15) is 5.69 Å². The number of carbonyl (C=O) groups is 1. The lowest BCUT2D eigenvalue weighted by molar-refractivity contribution is 0.0946. The molecule has 0 atom stereocenters. The second-order valence-corrected chi connectivity index (χ2v) is 7.29. The van der Waals surface area contributed by atoms with E-state index < -0.39 is 0 Å². The van der Waals surface area contributed by atoms with Crippen LogP contribution in [-0.2, 0) is 13.1 Å². The van der Waals surface area contributed by atoms with E-state index in [1.165, 1.54) is 24.0 Å². The second-order valence-electron chi connectivity index (χ2n) is 6.85. The summed E-state index contributed by atoms with van der Waals surface area (Å²) in [4.78, 5) is 18.2. The average Bonchev–Trinajstić information content (AvgIpc) is 3.30. The Kier molecular flexibility index (Phi) is 4.96. The number of carbonyl (C=O) groups excluding carboxylic acids is 1. The summed E-state index contributed by atoms with van der Waals surface area (Å²) in [6.45, 7) is 3.81. The van der Waals surface area contributed by atoms with Gasteiger partial charge in [-0.25, -0.2) is 0 Å². The molecule has 3 aromatic rings. The van der Waals surface area contributed by atoms with Gasteiger partial charge in [-0.2, -0.15) is 0 Å². The van der Waals surface area contributed by atoms with Gasteiger partial charge in [0, 0.05) is 29.0 Å². The molecule has 2 heterocycles. The quantitative estimate of drug-likeness (QED) is 0.704. The van der Waals surface area contributed by atoms with Gasteiger partial charge in [0.05, 0.1) is 0 Å². The first kappa shape index (κ1) is 17.1. The molecule has 134 valence electrons. The van der Waals surface area contributed by atoms with Gasteiger partial charge in [-0.15, -0.1) is 0 Å². The van der Waals surface area contributed by atoms with Crippen LogP contribution in [0.3, 0.4) is 0 Å². The van der Waals surface area contributed by atoms with Crippen molar-refractivity contribution in [3.05, 3.63) is 70.4 Å². The van der Waals surface area contributed by atoms with Crippen LogP contribution >= 0.6 is 11.6 Å². The molecule has 26 heavy (non-hydrogen) atoms. The van der Waals surface area contributed by atoms with E-state index in [4.69, 9.17) is 11.6 Å². The second kappa shape index (κ2) is 7.52. The minimum atomic E-state index is -0.103. The van der Waals surface area contributed by atoms with E-state index in [2.05, 4.69) is 33.4 Å². The lowest BCUT2D eigenvalue weighted by atomic mass is 10.1.